The second kappa shape index (κ2) is 6.74. The van der Waals surface area contributed by atoms with E-state index in [4.69, 9.17) is 0 Å². The number of imidazole rings is 1. The van der Waals surface area contributed by atoms with Crippen molar-refractivity contribution in [1.82, 2.24) is 14.3 Å². The van der Waals surface area contributed by atoms with E-state index < -0.39 is 0 Å². The molecule has 114 valence electrons. The highest BCUT2D eigenvalue weighted by molar-refractivity contribution is 5.94. The Labute approximate surface area is 126 Å². The second-order valence-electron chi connectivity index (χ2n) is 5.43. The van der Waals surface area contributed by atoms with Crippen LogP contribution in [0.2, 0.25) is 0 Å². The SMILES string of the molecule is CCCCN(CC)C(=O)c1c(CC)nc2cc(C)ccn12. The lowest BCUT2D eigenvalue weighted by Gasteiger charge is -2.21. The topological polar surface area (TPSA) is 37.6 Å². The Hall–Kier alpha value is -1.84. The first-order valence-electron chi connectivity index (χ1n) is 7.89. The highest BCUT2D eigenvalue weighted by atomic mass is 16.2. The average Bonchev–Trinajstić information content (AvgIpc) is 2.85. The standard InChI is InChI=1S/C17H25N3O/c1-5-8-10-19(7-3)17(21)16-14(6-2)18-15-12-13(4)9-11-20(15)16/h9,11-12H,5-8,10H2,1-4H3. The van der Waals surface area contributed by atoms with Gasteiger partial charge in [0.05, 0.1) is 5.69 Å². The molecule has 0 saturated heterocycles. The van der Waals surface area contributed by atoms with Gasteiger partial charge in [-0.05, 0) is 44.4 Å². The summed E-state index contributed by atoms with van der Waals surface area (Å²) < 4.78 is 1.93. The van der Waals surface area contributed by atoms with Gasteiger partial charge >= 0.3 is 0 Å². The number of amides is 1. The van der Waals surface area contributed by atoms with Crippen LogP contribution in [0.3, 0.4) is 0 Å². The van der Waals surface area contributed by atoms with Crippen LogP contribution in [-0.2, 0) is 6.42 Å². The fourth-order valence-electron chi connectivity index (χ4n) is 2.57. The van der Waals surface area contributed by atoms with Gasteiger partial charge in [0.2, 0.25) is 0 Å². The minimum Gasteiger partial charge on any atom is -0.338 e. The summed E-state index contributed by atoms with van der Waals surface area (Å²) in [5, 5.41) is 0. The average molecular weight is 287 g/mol. The number of aryl methyl sites for hydroxylation is 2. The quantitative estimate of drug-likeness (QED) is 0.816. The zero-order valence-corrected chi connectivity index (χ0v) is 13.5. The van der Waals surface area contributed by atoms with E-state index in [2.05, 4.69) is 11.9 Å². The van der Waals surface area contributed by atoms with E-state index in [-0.39, 0.29) is 5.91 Å². The highest BCUT2D eigenvalue weighted by Crippen LogP contribution is 2.17. The molecular weight excluding hydrogens is 262 g/mol. The zero-order chi connectivity index (χ0) is 15.4. The van der Waals surface area contributed by atoms with E-state index in [0.29, 0.717) is 0 Å². The molecule has 2 aromatic rings. The molecule has 0 aliphatic heterocycles. The van der Waals surface area contributed by atoms with Gasteiger partial charge in [-0.15, -0.1) is 0 Å². The van der Waals surface area contributed by atoms with Crippen molar-refractivity contribution in [2.45, 2.75) is 47.0 Å². The number of hydrogen-bond acceptors (Lipinski definition) is 2. The van der Waals surface area contributed by atoms with Crippen molar-refractivity contribution in [1.29, 1.82) is 0 Å². The van der Waals surface area contributed by atoms with Gasteiger partial charge in [0, 0.05) is 19.3 Å². The lowest BCUT2D eigenvalue weighted by Crippen LogP contribution is -2.33. The maximum absolute atomic E-state index is 12.9. The van der Waals surface area contributed by atoms with Crippen molar-refractivity contribution >= 4 is 11.6 Å². The maximum atomic E-state index is 12.9. The maximum Gasteiger partial charge on any atom is 0.272 e. The summed E-state index contributed by atoms with van der Waals surface area (Å²) in [5.41, 5.74) is 3.64. The second-order valence-corrected chi connectivity index (χ2v) is 5.43. The summed E-state index contributed by atoms with van der Waals surface area (Å²) in [6.07, 6.45) is 4.86. The Morgan fingerprint density at radius 2 is 2.10 bits per heavy atom. The van der Waals surface area contributed by atoms with Crippen molar-refractivity contribution in [3.8, 4) is 0 Å². The number of fused-ring (bicyclic) bond motifs is 1. The third-order valence-electron chi connectivity index (χ3n) is 3.84. The predicted molar refractivity (Wildman–Crippen MR) is 85.8 cm³/mol. The third-order valence-corrected chi connectivity index (χ3v) is 3.84. The van der Waals surface area contributed by atoms with Gasteiger partial charge in [-0.1, -0.05) is 20.3 Å². The van der Waals surface area contributed by atoms with Crippen LogP contribution in [0.5, 0.6) is 0 Å². The number of hydrogen-bond donors (Lipinski definition) is 0. The predicted octanol–water partition coefficient (Wildman–Crippen LogP) is 3.47. The molecule has 0 aliphatic rings. The van der Waals surface area contributed by atoms with Crippen LogP contribution in [-0.4, -0.2) is 33.3 Å². The first kappa shape index (κ1) is 15.5. The van der Waals surface area contributed by atoms with Crippen LogP contribution in [0.15, 0.2) is 18.3 Å². The van der Waals surface area contributed by atoms with E-state index >= 15 is 0 Å². The fourth-order valence-corrected chi connectivity index (χ4v) is 2.57. The van der Waals surface area contributed by atoms with Gasteiger partial charge in [-0.2, -0.15) is 0 Å². The fraction of sp³-hybridized carbons (Fsp3) is 0.529. The van der Waals surface area contributed by atoms with E-state index in [9.17, 15) is 4.79 Å². The lowest BCUT2D eigenvalue weighted by molar-refractivity contribution is 0.0754. The summed E-state index contributed by atoms with van der Waals surface area (Å²) in [6, 6.07) is 4.05. The molecule has 2 aromatic heterocycles. The van der Waals surface area contributed by atoms with Gasteiger partial charge in [0.1, 0.15) is 11.3 Å². The molecule has 0 aliphatic carbocycles. The molecule has 21 heavy (non-hydrogen) atoms. The molecule has 4 nitrogen and oxygen atoms in total. The molecule has 0 aromatic carbocycles. The molecule has 0 fully saturated rings. The van der Waals surface area contributed by atoms with E-state index in [1.807, 2.05) is 48.4 Å². The van der Waals surface area contributed by atoms with Gasteiger partial charge in [-0.25, -0.2) is 4.98 Å². The van der Waals surface area contributed by atoms with Gasteiger partial charge in [0.25, 0.3) is 5.91 Å². The summed E-state index contributed by atoms with van der Waals surface area (Å²) in [7, 11) is 0. The van der Waals surface area contributed by atoms with Crippen molar-refractivity contribution in [2.24, 2.45) is 0 Å². The molecule has 4 heteroatoms. The lowest BCUT2D eigenvalue weighted by atomic mass is 10.2. The van der Waals surface area contributed by atoms with Crippen LogP contribution in [0.4, 0.5) is 0 Å². The Morgan fingerprint density at radius 3 is 2.71 bits per heavy atom. The zero-order valence-electron chi connectivity index (χ0n) is 13.5. The molecule has 0 saturated carbocycles. The molecule has 1 amide bonds. The van der Waals surface area contributed by atoms with E-state index in [0.717, 1.165) is 55.0 Å². The molecule has 0 radical (unpaired) electrons. The Balaban J connectivity index is 2.45. The van der Waals surface area contributed by atoms with Crippen LogP contribution in [0.1, 0.15) is 55.4 Å². The van der Waals surface area contributed by atoms with E-state index in [1.54, 1.807) is 0 Å². The summed E-state index contributed by atoms with van der Waals surface area (Å²) >= 11 is 0. The molecule has 0 bridgehead atoms. The summed E-state index contributed by atoms with van der Waals surface area (Å²) in [4.78, 5) is 19.4. The molecule has 0 atom stereocenters. The number of nitrogens with zero attached hydrogens (tertiary/aromatic N) is 3. The largest absolute Gasteiger partial charge is 0.338 e. The van der Waals surface area contributed by atoms with Crippen LogP contribution in [0.25, 0.3) is 5.65 Å². The Bertz CT molecular complexity index is 630. The van der Waals surface area contributed by atoms with Gasteiger partial charge in [-0.3, -0.25) is 9.20 Å². The number of unbranched alkanes of at least 4 members (excludes halogenated alkanes) is 1. The van der Waals surface area contributed by atoms with E-state index in [1.165, 1.54) is 0 Å². The molecular formula is C17H25N3O. The minimum absolute atomic E-state index is 0.0964. The minimum atomic E-state index is 0.0964. The molecule has 2 rings (SSSR count). The van der Waals surface area contributed by atoms with Crippen molar-refractivity contribution < 1.29 is 4.79 Å². The number of carbonyl (C=O) groups excluding carboxylic acids is 1. The Morgan fingerprint density at radius 1 is 1.33 bits per heavy atom. The third kappa shape index (κ3) is 3.09. The normalized spacial score (nSPS) is 11.0. The number of rotatable bonds is 6. The van der Waals surface area contributed by atoms with Crippen LogP contribution >= 0.6 is 0 Å². The van der Waals surface area contributed by atoms with Gasteiger partial charge in [0.15, 0.2) is 0 Å². The smallest absolute Gasteiger partial charge is 0.272 e. The molecule has 0 unspecified atom stereocenters. The molecule has 0 N–H and O–H groups in total. The number of carbonyl (C=O) groups is 1. The molecule has 2 heterocycles. The van der Waals surface area contributed by atoms with Crippen molar-refractivity contribution in [2.75, 3.05) is 13.1 Å². The summed E-state index contributed by atoms with van der Waals surface area (Å²) in [6.45, 7) is 9.82. The Kier molecular flexibility index (Phi) is 4.99. The van der Waals surface area contributed by atoms with Crippen molar-refractivity contribution in [3.05, 3.63) is 35.3 Å². The highest BCUT2D eigenvalue weighted by Gasteiger charge is 2.22. The molecule has 0 spiro atoms. The monoisotopic (exact) mass is 287 g/mol. The van der Waals surface area contributed by atoms with Crippen LogP contribution < -0.4 is 0 Å². The van der Waals surface area contributed by atoms with Gasteiger partial charge < -0.3 is 4.90 Å². The number of pyridine rings is 1. The first-order valence-corrected chi connectivity index (χ1v) is 7.89. The number of aromatic nitrogens is 2. The first-order chi connectivity index (χ1) is 10.1. The summed E-state index contributed by atoms with van der Waals surface area (Å²) in [5.74, 6) is 0.0964. The van der Waals surface area contributed by atoms with Crippen LogP contribution in [0, 0.1) is 6.92 Å². The van der Waals surface area contributed by atoms with Crippen molar-refractivity contribution in [3.63, 3.8) is 0 Å².